The van der Waals surface area contributed by atoms with E-state index in [9.17, 15) is 9.50 Å². The van der Waals surface area contributed by atoms with Gasteiger partial charge in [-0.15, -0.1) is 0 Å². The van der Waals surface area contributed by atoms with Crippen molar-refractivity contribution in [2.24, 2.45) is 0 Å². The smallest absolute Gasteiger partial charge is 0.168 e. The lowest BCUT2D eigenvalue weighted by atomic mass is 10.0. The van der Waals surface area contributed by atoms with E-state index < -0.39 is 11.9 Å². The van der Waals surface area contributed by atoms with Crippen LogP contribution in [0.25, 0.3) is 0 Å². The summed E-state index contributed by atoms with van der Waals surface area (Å²) in [6, 6.07) is 12.5. The van der Waals surface area contributed by atoms with Crippen molar-refractivity contribution in [3.05, 3.63) is 63.0 Å². The zero-order valence-corrected chi connectivity index (χ0v) is 12.6. The average Bonchev–Trinajstić information content (AvgIpc) is 2.41. The number of benzene rings is 2. The molecule has 2 aromatic rings. The molecule has 1 N–H and O–H groups in total. The van der Waals surface area contributed by atoms with Crippen LogP contribution in [0.3, 0.4) is 0 Å². The monoisotopic (exact) mass is 372 g/mol. The van der Waals surface area contributed by atoms with Crippen LogP contribution in [0.15, 0.2) is 42.5 Å². The van der Waals surface area contributed by atoms with E-state index in [1.165, 1.54) is 7.11 Å². The molecule has 0 bridgehead atoms. The number of hydrogen-bond donors (Lipinski definition) is 1. The van der Waals surface area contributed by atoms with Gasteiger partial charge in [0.1, 0.15) is 0 Å². The van der Waals surface area contributed by atoms with Crippen molar-refractivity contribution < 1.29 is 14.2 Å². The Hall–Kier alpha value is -1.14. The SMILES string of the molecule is COc1cccc(CC(O)c2ccccc2I)c1F. The molecule has 2 nitrogen and oxygen atoms in total. The Morgan fingerprint density at radius 2 is 1.95 bits per heavy atom. The highest BCUT2D eigenvalue weighted by Gasteiger charge is 2.15. The summed E-state index contributed by atoms with van der Waals surface area (Å²) in [5.41, 5.74) is 1.26. The van der Waals surface area contributed by atoms with Gasteiger partial charge in [-0.3, -0.25) is 0 Å². The zero-order chi connectivity index (χ0) is 13.8. The van der Waals surface area contributed by atoms with Crippen LogP contribution < -0.4 is 4.74 Å². The average molecular weight is 372 g/mol. The lowest BCUT2D eigenvalue weighted by Crippen LogP contribution is -2.06. The molecule has 0 aliphatic rings. The molecule has 100 valence electrons. The minimum atomic E-state index is -0.727. The van der Waals surface area contributed by atoms with E-state index in [4.69, 9.17) is 4.74 Å². The summed E-state index contributed by atoms with van der Waals surface area (Å²) in [6.45, 7) is 0. The molecule has 0 aliphatic carbocycles. The van der Waals surface area contributed by atoms with Crippen molar-refractivity contribution in [2.75, 3.05) is 7.11 Å². The van der Waals surface area contributed by atoms with Gasteiger partial charge >= 0.3 is 0 Å². The van der Waals surface area contributed by atoms with E-state index in [0.717, 1.165) is 9.13 Å². The highest BCUT2D eigenvalue weighted by atomic mass is 127. The third-order valence-corrected chi connectivity index (χ3v) is 3.92. The first-order valence-corrected chi connectivity index (χ1v) is 6.95. The Labute approximate surface area is 125 Å². The Balaban J connectivity index is 2.24. The fraction of sp³-hybridized carbons (Fsp3) is 0.200. The maximum atomic E-state index is 14.0. The van der Waals surface area contributed by atoms with Crippen LogP contribution in [-0.2, 0) is 6.42 Å². The molecule has 0 radical (unpaired) electrons. The first-order valence-electron chi connectivity index (χ1n) is 5.87. The second-order valence-electron chi connectivity index (χ2n) is 4.17. The van der Waals surface area contributed by atoms with Gasteiger partial charge < -0.3 is 9.84 Å². The standard InChI is InChI=1S/C15H14FIO2/c1-19-14-8-4-5-10(15(14)16)9-13(18)11-6-2-3-7-12(11)17/h2-8,13,18H,9H2,1H3. The molecule has 0 saturated heterocycles. The van der Waals surface area contributed by atoms with Crippen LogP contribution in [-0.4, -0.2) is 12.2 Å². The van der Waals surface area contributed by atoms with Crippen molar-refractivity contribution in [1.29, 1.82) is 0 Å². The van der Waals surface area contributed by atoms with Crippen molar-refractivity contribution in [3.8, 4) is 5.75 Å². The molecule has 19 heavy (non-hydrogen) atoms. The van der Waals surface area contributed by atoms with Crippen LogP contribution >= 0.6 is 22.6 Å². The number of ether oxygens (including phenoxy) is 1. The summed E-state index contributed by atoms with van der Waals surface area (Å²) in [4.78, 5) is 0. The van der Waals surface area contributed by atoms with Gasteiger partial charge in [0.15, 0.2) is 11.6 Å². The van der Waals surface area contributed by atoms with Gasteiger partial charge in [-0.1, -0.05) is 30.3 Å². The largest absolute Gasteiger partial charge is 0.494 e. The Morgan fingerprint density at radius 1 is 1.21 bits per heavy atom. The molecular formula is C15H14FIO2. The molecule has 0 saturated carbocycles. The van der Waals surface area contributed by atoms with Gasteiger partial charge in [-0.2, -0.15) is 0 Å². The van der Waals surface area contributed by atoms with Gasteiger partial charge in [-0.25, -0.2) is 4.39 Å². The minimum absolute atomic E-state index is 0.201. The van der Waals surface area contributed by atoms with Crippen LogP contribution in [0, 0.1) is 9.39 Å². The maximum absolute atomic E-state index is 14.0. The number of halogens is 2. The van der Waals surface area contributed by atoms with Crippen LogP contribution in [0.1, 0.15) is 17.2 Å². The summed E-state index contributed by atoms with van der Waals surface area (Å²) in [7, 11) is 1.43. The lowest BCUT2D eigenvalue weighted by molar-refractivity contribution is 0.176. The number of hydrogen-bond acceptors (Lipinski definition) is 2. The number of methoxy groups -OCH3 is 1. The van der Waals surface area contributed by atoms with E-state index in [1.807, 2.05) is 24.3 Å². The topological polar surface area (TPSA) is 29.5 Å². The van der Waals surface area contributed by atoms with Crippen LogP contribution in [0.4, 0.5) is 4.39 Å². The molecule has 0 heterocycles. The molecule has 0 aliphatic heterocycles. The van der Waals surface area contributed by atoms with Gasteiger partial charge in [0.25, 0.3) is 0 Å². The minimum Gasteiger partial charge on any atom is -0.494 e. The molecule has 0 amide bonds. The quantitative estimate of drug-likeness (QED) is 0.830. The van der Waals surface area contributed by atoms with Crippen LogP contribution in [0.5, 0.6) is 5.75 Å². The third kappa shape index (κ3) is 3.25. The van der Waals surface area contributed by atoms with E-state index in [0.29, 0.717) is 5.56 Å². The Morgan fingerprint density at radius 3 is 2.63 bits per heavy atom. The molecule has 4 heteroatoms. The molecular weight excluding hydrogens is 358 g/mol. The first kappa shape index (κ1) is 14.3. The third-order valence-electron chi connectivity index (χ3n) is 2.94. The molecule has 1 unspecified atom stereocenters. The zero-order valence-electron chi connectivity index (χ0n) is 10.4. The van der Waals surface area contributed by atoms with Crippen LogP contribution in [0.2, 0.25) is 0 Å². The fourth-order valence-electron chi connectivity index (χ4n) is 1.94. The number of rotatable bonds is 4. The van der Waals surface area contributed by atoms with Crippen molar-refractivity contribution >= 4 is 22.6 Å². The molecule has 0 spiro atoms. The summed E-state index contributed by atoms with van der Waals surface area (Å²) < 4.78 is 19.9. The van der Waals surface area contributed by atoms with E-state index in [1.54, 1.807) is 18.2 Å². The molecule has 2 rings (SSSR count). The molecule has 2 aromatic carbocycles. The number of aliphatic hydroxyl groups excluding tert-OH is 1. The normalized spacial score (nSPS) is 12.2. The Kier molecular flexibility index (Phi) is 4.76. The second-order valence-corrected chi connectivity index (χ2v) is 5.34. The second kappa shape index (κ2) is 6.34. The molecule has 0 fully saturated rings. The van der Waals surface area contributed by atoms with E-state index >= 15 is 0 Å². The molecule has 1 atom stereocenters. The summed E-state index contributed by atoms with van der Waals surface area (Å²) in [5.74, 6) is -0.206. The van der Waals surface area contributed by atoms with Crippen molar-refractivity contribution in [2.45, 2.75) is 12.5 Å². The maximum Gasteiger partial charge on any atom is 0.168 e. The van der Waals surface area contributed by atoms with E-state index in [2.05, 4.69) is 22.6 Å². The van der Waals surface area contributed by atoms with Crippen molar-refractivity contribution in [3.63, 3.8) is 0 Å². The highest BCUT2D eigenvalue weighted by molar-refractivity contribution is 14.1. The van der Waals surface area contributed by atoms with Gasteiger partial charge in [-0.05, 0) is 45.9 Å². The van der Waals surface area contributed by atoms with Gasteiger partial charge in [0.2, 0.25) is 0 Å². The predicted octanol–water partition coefficient (Wildman–Crippen LogP) is 3.72. The predicted molar refractivity (Wildman–Crippen MR) is 80.8 cm³/mol. The lowest BCUT2D eigenvalue weighted by Gasteiger charge is -2.14. The first-order chi connectivity index (χ1) is 9.13. The summed E-state index contributed by atoms with van der Waals surface area (Å²) in [5, 5.41) is 10.2. The summed E-state index contributed by atoms with van der Waals surface area (Å²) >= 11 is 2.16. The highest BCUT2D eigenvalue weighted by Crippen LogP contribution is 2.27. The van der Waals surface area contributed by atoms with Gasteiger partial charge in [0, 0.05) is 9.99 Å². The van der Waals surface area contributed by atoms with E-state index in [-0.39, 0.29) is 12.2 Å². The van der Waals surface area contributed by atoms with Crippen molar-refractivity contribution in [1.82, 2.24) is 0 Å². The summed E-state index contributed by atoms with van der Waals surface area (Å²) in [6.07, 6.45) is -0.502. The molecule has 0 aromatic heterocycles. The van der Waals surface area contributed by atoms with Gasteiger partial charge in [0.05, 0.1) is 13.2 Å². The fourth-order valence-corrected chi connectivity index (χ4v) is 2.68. The Bertz CT molecular complexity index is 572. The number of aliphatic hydroxyl groups is 1.